The van der Waals surface area contributed by atoms with E-state index in [4.69, 9.17) is 4.74 Å². The summed E-state index contributed by atoms with van der Waals surface area (Å²) < 4.78 is 6.18. The summed E-state index contributed by atoms with van der Waals surface area (Å²) in [6.45, 7) is 3.87. The summed E-state index contributed by atoms with van der Waals surface area (Å²) >= 11 is 3.41. The van der Waals surface area contributed by atoms with Crippen molar-refractivity contribution in [3.63, 3.8) is 0 Å². The molecule has 0 aliphatic rings. The minimum absolute atomic E-state index is 0.0434. The van der Waals surface area contributed by atoms with E-state index in [1.54, 1.807) is 13.2 Å². The number of halogens is 1. The van der Waals surface area contributed by atoms with Crippen molar-refractivity contribution in [2.45, 2.75) is 19.3 Å². The molecular formula is C17H17BrO2. The van der Waals surface area contributed by atoms with Gasteiger partial charge in [0.1, 0.15) is 5.75 Å². The van der Waals surface area contributed by atoms with Crippen LogP contribution in [0.15, 0.2) is 53.0 Å². The van der Waals surface area contributed by atoms with E-state index in [1.807, 2.05) is 56.3 Å². The molecule has 0 bridgehead atoms. The number of hydrogen-bond acceptors (Lipinski definition) is 2. The van der Waals surface area contributed by atoms with Crippen LogP contribution in [0.3, 0.4) is 0 Å². The largest absolute Gasteiger partial charge is 0.496 e. The fourth-order valence-electron chi connectivity index (χ4n) is 2.18. The van der Waals surface area contributed by atoms with Crippen molar-refractivity contribution in [2.75, 3.05) is 7.11 Å². The fourth-order valence-corrected chi connectivity index (χ4v) is 2.54. The number of carbonyl (C=O) groups is 1. The van der Waals surface area contributed by atoms with E-state index in [9.17, 15) is 4.79 Å². The molecule has 0 aliphatic carbocycles. The predicted molar refractivity (Wildman–Crippen MR) is 84.5 cm³/mol. The van der Waals surface area contributed by atoms with Gasteiger partial charge in [-0.2, -0.15) is 0 Å². The maximum absolute atomic E-state index is 12.9. The summed E-state index contributed by atoms with van der Waals surface area (Å²) in [5, 5.41) is 0. The Balaban J connectivity index is 2.48. The van der Waals surface area contributed by atoms with Gasteiger partial charge in [0.2, 0.25) is 0 Å². The molecule has 0 saturated heterocycles. The highest BCUT2D eigenvalue weighted by Gasteiger charge is 2.32. The number of ether oxygens (including phenoxy) is 1. The van der Waals surface area contributed by atoms with E-state index < -0.39 is 5.41 Å². The van der Waals surface area contributed by atoms with E-state index >= 15 is 0 Å². The van der Waals surface area contributed by atoms with E-state index in [-0.39, 0.29) is 5.78 Å². The fraction of sp³-hybridized carbons (Fsp3) is 0.235. The Kier molecular flexibility index (Phi) is 4.29. The Labute approximate surface area is 127 Å². The lowest BCUT2D eigenvalue weighted by Gasteiger charge is -2.24. The zero-order valence-electron chi connectivity index (χ0n) is 11.8. The molecule has 0 N–H and O–H groups in total. The summed E-state index contributed by atoms with van der Waals surface area (Å²) in [5.74, 6) is 0.643. The smallest absolute Gasteiger partial charge is 0.176 e. The van der Waals surface area contributed by atoms with Gasteiger partial charge in [0.15, 0.2) is 5.78 Å². The molecule has 2 aromatic rings. The summed E-state index contributed by atoms with van der Waals surface area (Å²) in [6.07, 6.45) is 0. The van der Waals surface area contributed by atoms with Crippen molar-refractivity contribution in [3.05, 3.63) is 64.1 Å². The lowest BCUT2D eigenvalue weighted by molar-refractivity contribution is 0.0905. The molecule has 20 heavy (non-hydrogen) atoms. The van der Waals surface area contributed by atoms with Crippen molar-refractivity contribution < 1.29 is 9.53 Å². The van der Waals surface area contributed by atoms with Crippen molar-refractivity contribution in [2.24, 2.45) is 0 Å². The van der Waals surface area contributed by atoms with Crippen LogP contribution in [0.4, 0.5) is 0 Å². The molecule has 0 atom stereocenters. The number of rotatable bonds is 4. The first-order valence-corrected chi connectivity index (χ1v) is 7.20. The van der Waals surface area contributed by atoms with Gasteiger partial charge in [0.05, 0.1) is 18.1 Å². The molecule has 0 saturated carbocycles. The third kappa shape index (κ3) is 2.78. The first kappa shape index (κ1) is 14.8. The molecule has 0 heterocycles. The van der Waals surface area contributed by atoms with Crippen molar-refractivity contribution in [3.8, 4) is 5.75 Å². The summed E-state index contributed by atoms with van der Waals surface area (Å²) in [5.41, 5.74) is 0.984. The summed E-state index contributed by atoms with van der Waals surface area (Å²) in [7, 11) is 1.58. The minimum Gasteiger partial charge on any atom is -0.496 e. The monoisotopic (exact) mass is 332 g/mol. The number of hydrogen-bond donors (Lipinski definition) is 0. The van der Waals surface area contributed by atoms with Gasteiger partial charge in [-0.3, -0.25) is 4.79 Å². The zero-order chi connectivity index (χ0) is 14.8. The Bertz CT molecular complexity index is 618. The van der Waals surface area contributed by atoms with E-state index in [1.165, 1.54) is 0 Å². The average Bonchev–Trinajstić information content (AvgIpc) is 2.47. The van der Waals surface area contributed by atoms with Crippen molar-refractivity contribution >= 4 is 21.7 Å². The van der Waals surface area contributed by atoms with Gasteiger partial charge in [-0.25, -0.2) is 0 Å². The quantitative estimate of drug-likeness (QED) is 0.763. The van der Waals surface area contributed by atoms with Crippen LogP contribution >= 0.6 is 15.9 Å². The van der Waals surface area contributed by atoms with Crippen LogP contribution < -0.4 is 4.74 Å². The molecule has 0 spiro atoms. The van der Waals surface area contributed by atoms with E-state index in [0.717, 1.165) is 10.0 Å². The number of methoxy groups -OCH3 is 1. The SMILES string of the molecule is COc1ccc(Br)cc1C(=O)C(C)(C)c1ccccc1. The Morgan fingerprint density at radius 3 is 2.35 bits per heavy atom. The average molecular weight is 333 g/mol. The molecular weight excluding hydrogens is 316 g/mol. The van der Waals surface area contributed by atoms with Gasteiger partial charge >= 0.3 is 0 Å². The summed E-state index contributed by atoms with van der Waals surface area (Å²) in [6, 6.07) is 15.3. The molecule has 0 fully saturated rings. The van der Waals surface area contributed by atoms with Crippen molar-refractivity contribution in [1.82, 2.24) is 0 Å². The Hall–Kier alpha value is -1.61. The normalized spacial score (nSPS) is 11.2. The maximum atomic E-state index is 12.9. The Morgan fingerprint density at radius 2 is 1.75 bits per heavy atom. The van der Waals surface area contributed by atoms with Crippen LogP contribution in [0, 0.1) is 0 Å². The molecule has 0 aromatic heterocycles. The van der Waals surface area contributed by atoms with Gasteiger partial charge in [-0.05, 0) is 37.6 Å². The molecule has 2 aromatic carbocycles. The van der Waals surface area contributed by atoms with Gasteiger partial charge in [0.25, 0.3) is 0 Å². The summed E-state index contributed by atoms with van der Waals surface area (Å²) in [4.78, 5) is 12.9. The van der Waals surface area contributed by atoms with Crippen LogP contribution in [0.2, 0.25) is 0 Å². The number of benzene rings is 2. The molecule has 0 amide bonds. The first-order chi connectivity index (χ1) is 9.46. The van der Waals surface area contributed by atoms with E-state index in [2.05, 4.69) is 15.9 Å². The highest BCUT2D eigenvalue weighted by Crippen LogP contribution is 2.32. The van der Waals surface area contributed by atoms with Crippen LogP contribution in [-0.4, -0.2) is 12.9 Å². The lowest BCUT2D eigenvalue weighted by Crippen LogP contribution is -2.29. The van der Waals surface area contributed by atoms with Gasteiger partial charge in [0, 0.05) is 4.47 Å². The molecule has 2 nitrogen and oxygen atoms in total. The van der Waals surface area contributed by atoms with Crippen LogP contribution in [-0.2, 0) is 5.41 Å². The highest BCUT2D eigenvalue weighted by molar-refractivity contribution is 9.10. The molecule has 2 rings (SSSR count). The van der Waals surface area contributed by atoms with Crippen LogP contribution in [0.5, 0.6) is 5.75 Å². The molecule has 0 aliphatic heterocycles. The van der Waals surface area contributed by atoms with Gasteiger partial charge < -0.3 is 4.74 Å². The number of carbonyl (C=O) groups excluding carboxylic acids is 1. The topological polar surface area (TPSA) is 26.3 Å². The number of ketones is 1. The second kappa shape index (κ2) is 5.80. The molecule has 0 radical (unpaired) electrons. The standard InChI is InChI=1S/C17H17BrO2/c1-17(2,12-7-5-4-6-8-12)16(19)14-11-13(18)9-10-15(14)20-3/h4-11H,1-3H3. The lowest BCUT2D eigenvalue weighted by atomic mass is 9.78. The Morgan fingerprint density at radius 1 is 1.10 bits per heavy atom. The van der Waals surface area contributed by atoms with Crippen molar-refractivity contribution in [1.29, 1.82) is 0 Å². The number of Topliss-reactive ketones (excluding diaryl/α,β-unsaturated/α-hetero) is 1. The third-order valence-electron chi connectivity index (χ3n) is 3.47. The first-order valence-electron chi connectivity index (χ1n) is 6.40. The third-order valence-corrected chi connectivity index (χ3v) is 3.96. The predicted octanol–water partition coefficient (Wildman–Crippen LogP) is 4.62. The highest BCUT2D eigenvalue weighted by atomic mass is 79.9. The second-order valence-electron chi connectivity index (χ2n) is 5.16. The maximum Gasteiger partial charge on any atom is 0.176 e. The molecule has 0 unspecified atom stereocenters. The van der Waals surface area contributed by atoms with Gasteiger partial charge in [-0.15, -0.1) is 0 Å². The van der Waals surface area contributed by atoms with E-state index in [0.29, 0.717) is 11.3 Å². The minimum atomic E-state index is -0.602. The zero-order valence-corrected chi connectivity index (χ0v) is 13.4. The molecule has 104 valence electrons. The van der Waals surface area contributed by atoms with Crippen LogP contribution in [0.25, 0.3) is 0 Å². The van der Waals surface area contributed by atoms with Gasteiger partial charge in [-0.1, -0.05) is 46.3 Å². The van der Waals surface area contributed by atoms with Crippen LogP contribution in [0.1, 0.15) is 29.8 Å². The second-order valence-corrected chi connectivity index (χ2v) is 6.08. The molecule has 3 heteroatoms.